The van der Waals surface area contributed by atoms with Crippen molar-refractivity contribution in [3.8, 4) is 0 Å². The van der Waals surface area contributed by atoms with Gasteiger partial charge in [0, 0.05) is 18.5 Å². The number of hydrogen-bond acceptors (Lipinski definition) is 4. The van der Waals surface area contributed by atoms with Crippen LogP contribution in [0.2, 0.25) is 0 Å². The summed E-state index contributed by atoms with van der Waals surface area (Å²) in [5.41, 5.74) is 2.70. The van der Waals surface area contributed by atoms with E-state index in [4.69, 9.17) is 0 Å². The van der Waals surface area contributed by atoms with Crippen LogP contribution in [0.15, 0.2) is 5.51 Å². The zero-order chi connectivity index (χ0) is 10.3. The first-order valence-electron chi connectivity index (χ1n) is 4.47. The van der Waals surface area contributed by atoms with E-state index in [0.717, 1.165) is 10.6 Å². The molecule has 0 N–H and O–H groups in total. The molecule has 0 bridgehead atoms. The second-order valence-corrected chi connectivity index (χ2v) is 5.07. The Balaban J connectivity index is 2.46. The third kappa shape index (κ3) is 1.44. The number of fused-ring (bicyclic) bond motifs is 1. The molecule has 0 aliphatic carbocycles. The van der Waals surface area contributed by atoms with E-state index in [1.165, 1.54) is 0 Å². The molecule has 76 valence electrons. The quantitative estimate of drug-likeness (QED) is 0.686. The van der Waals surface area contributed by atoms with Crippen LogP contribution >= 0.6 is 24.0 Å². The number of rotatable bonds is 0. The van der Waals surface area contributed by atoms with Gasteiger partial charge in [0.05, 0.1) is 22.4 Å². The van der Waals surface area contributed by atoms with Crippen LogP contribution in [0, 0.1) is 0 Å². The number of aromatic nitrogens is 1. The van der Waals surface area contributed by atoms with Crippen molar-refractivity contribution >= 4 is 29.9 Å². The molecule has 0 fully saturated rings. The summed E-state index contributed by atoms with van der Waals surface area (Å²) < 4.78 is 0. The van der Waals surface area contributed by atoms with Crippen LogP contribution in [0.4, 0.5) is 0 Å². The number of amides is 1. The minimum Gasteiger partial charge on any atom is -0.344 e. The fourth-order valence-electron chi connectivity index (χ4n) is 1.72. The lowest BCUT2D eigenvalue weighted by molar-refractivity contribution is -0.130. The summed E-state index contributed by atoms with van der Waals surface area (Å²) in [5.74, 6) is 0.00657. The topological polar surface area (TPSA) is 33.2 Å². The number of carbonyl (C=O) groups is 1. The molecule has 0 saturated heterocycles. The first-order valence-corrected chi connectivity index (χ1v) is 5.87. The molecule has 2 unspecified atom stereocenters. The van der Waals surface area contributed by atoms with E-state index in [1.807, 2.05) is 14.0 Å². The molecule has 0 spiro atoms. The molecule has 0 aromatic carbocycles. The van der Waals surface area contributed by atoms with Crippen molar-refractivity contribution in [1.82, 2.24) is 9.88 Å². The number of thiol groups is 1. The molecule has 1 amide bonds. The van der Waals surface area contributed by atoms with Gasteiger partial charge in [-0.3, -0.25) is 4.79 Å². The molecule has 0 radical (unpaired) electrons. The van der Waals surface area contributed by atoms with E-state index < -0.39 is 0 Å². The van der Waals surface area contributed by atoms with E-state index in [-0.39, 0.29) is 17.1 Å². The van der Waals surface area contributed by atoms with Crippen molar-refractivity contribution in [3.05, 3.63) is 16.1 Å². The Morgan fingerprint density at radius 3 is 3.14 bits per heavy atom. The normalized spacial score (nSPS) is 27.4. The molecule has 1 aliphatic heterocycles. The van der Waals surface area contributed by atoms with E-state index in [9.17, 15) is 4.79 Å². The van der Waals surface area contributed by atoms with Gasteiger partial charge < -0.3 is 4.90 Å². The molecular weight excluding hydrogens is 216 g/mol. The lowest BCUT2D eigenvalue weighted by Gasteiger charge is -2.18. The first-order chi connectivity index (χ1) is 6.61. The van der Waals surface area contributed by atoms with Crippen molar-refractivity contribution in [1.29, 1.82) is 0 Å². The van der Waals surface area contributed by atoms with Crippen LogP contribution in [0.1, 0.15) is 28.7 Å². The number of carbonyl (C=O) groups excluding carboxylic acids is 1. The third-order valence-electron chi connectivity index (χ3n) is 2.53. The van der Waals surface area contributed by atoms with Gasteiger partial charge in [-0.25, -0.2) is 4.98 Å². The summed E-state index contributed by atoms with van der Waals surface area (Å²) in [4.78, 5) is 18.9. The summed E-state index contributed by atoms with van der Waals surface area (Å²) in [5, 5.41) is 0.108. The van der Waals surface area contributed by atoms with Crippen LogP contribution in [0.3, 0.4) is 0 Å². The highest BCUT2D eigenvalue weighted by atomic mass is 32.1. The Morgan fingerprint density at radius 2 is 2.43 bits per heavy atom. The molecule has 5 heteroatoms. The highest BCUT2D eigenvalue weighted by Crippen LogP contribution is 2.35. The molecule has 1 aromatic rings. The van der Waals surface area contributed by atoms with Gasteiger partial charge in [-0.05, 0) is 6.92 Å². The second kappa shape index (κ2) is 3.55. The molecule has 14 heavy (non-hydrogen) atoms. The predicted octanol–water partition coefficient (Wildman–Crippen LogP) is 1.69. The highest BCUT2D eigenvalue weighted by Gasteiger charge is 2.31. The van der Waals surface area contributed by atoms with Crippen molar-refractivity contribution in [2.75, 3.05) is 13.6 Å². The Hall–Kier alpha value is -0.550. The van der Waals surface area contributed by atoms with Gasteiger partial charge in [0.25, 0.3) is 0 Å². The molecule has 2 heterocycles. The molecule has 1 aliphatic rings. The fraction of sp³-hybridized carbons (Fsp3) is 0.556. The van der Waals surface area contributed by atoms with Crippen molar-refractivity contribution in [2.45, 2.75) is 18.1 Å². The summed E-state index contributed by atoms with van der Waals surface area (Å²) in [6, 6.07) is 0. The molecular formula is C9H12N2OS2. The maximum Gasteiger partial charge on any atom is 0.231 e. The van der Waals surface area contributed by atoms with Gasteiger partial charge >= 0.3 is 0 Å². The Bertz CT molecular complexity index is 363. The minimum atomic E-state index is -0.126. The smallest absolute Gasteiger partial charge is 0.231 e. The Kier molecular flexibility index (Phi) is 2.53. The summed E-state index contributed by atoms with van der Waals surface area (Å²) in [7, 11) is 1.82. The average Bonchev–Trinajstić information content (AvgIpc) is 2.60. The van der Waals surface area contributed by atoms with Crippen LogP contribution in [-0.4, -0.2) is 29.4 Å². The van der Waals surface area contributed by atoms with E-state index in [0.29, 0.717) is 6.54 Å². The van der Waals surface area contributed by atoms with Gasteiger partial charge in [0.15, 0.2) is 0 Å². The van der Waals surface area contributed by atoms with E-state index in [2.05, 4.69) is 17.6 Å². The van der Waals surface area contributed by atoms with Crippen LogP contribution in [-0.2, 0) is 4.79 Å². The van der Waals surface area contributed by atoms with Gasteiger partial charge in [-0.2, -0.15) is 12.6 Å². The zero-order valence-corrected chi connectivity index (χ0v) is 9.81. The van der Waals surface area contributed by atoms with Crippen molar-refractivity contribution < 1.29 is 4.79 Å². The van der Waals surface area contributed by atoms with E-state index in [1.54, 1.807) is 21.7 Å². The molecule has 1 aromatic heterocycles. The second-order valence-electron chi connectivity index (χ2n) is 3.56. The summed E-state index contributed by atoms with van der Waals surface area (Å²) in [6.45, 7) is 2.57. The average molecular weight is 228 g/mol. The Labute approximate surface area is 92.6 Å². The highest BCUT2D eigenvalue weighted by molar-refractivity contribution is 7.80. The lowest BCUT2D eigenvalue weighted by Crippen LogP contribution is -2.30. The van der Waals surface area contributed by atoms with Gasteiger partial charge in [-0.15, -0.1) is 11.3 Å². The largest absolute Gasteiger partial charge is 0.344 e. The maximum absolute atomic E-state index is 11.8. The van der Waals surface area contributed by atoms with Crippen LogP contribution in [0.25, 0.3) is 0 Å². The molecule has 2 atom stereocenters. The molecule has 2 rings (SSSR count). The van der Waals surface area contributed by atoms with Crippen molar-refractivity contribution in [3.63, 3.8) is 0 Å². The van der Waals surface area contributed by atoms with Crippen LogP contribution < -0.4 is 0 Å². The monoisotopic (exact) mass is 228 g/mol. The third-order valence-corrected chi connectivity index (χ3v) is 4.08. The van der Waals surface area contributed by atoms with E-state index >= 15 is 0 Å². The summed E-state index contributed by atoms with van der Waals surface area (Å²) in [6.07, 6.45) is 0. The zero-order valence-electron chi connectivity index (χ0n) is 8.10. The number of thiazole rings is 1. The van der Waals surface area contributed by atoms with Gasteiger partial charge in [0.1, 0.15) is 0 Å². The van der Waals surface area contributed by atoms with Gasteiger partial charge in [0.2, 0.25) is 5.91 Å². The molecule has 3 nitrogen and oxygen atoms in total. The minimum absolute atomic E-state index is 0.108. The van der Waals surface area contributed by atoms with Gasteiger partial charge in [-0.1, -0.05) is 0 Å². The van der Waals surface area contributed by atoms with Crippen molar-refractivity contribution in [2.24, 2.45) is 0 Å². The standard InChI is InChI=1S/C9H12N2OS2/c1-5-7-8(14-4-10-7)6(13)3-11(2)9(5)12/h4-6,13H,3H2,1-2H3. The number of hydrogen-bond donors (Lipinski definition) is 1. The predicted molar refractivity (Wildman–Crippen MR) is 59.9 cm³/mol. The molecule has 0 saturated carbocycles. The van der Waals surface area contributed by atoms with Crippen LogP contribution in [0.5, 0.6) is 0 Å². The fourth-order valence-corrected chi connectivity index (χ4v) is 3.14. The SMILES string of the molecule is CC1C(=O)N(C)CC(S)c2scnc21. The number of nitrogens with zero attached hydrogens (tertiary/aromatic N) is 2. The lowest BCUT2D eigenvalue weighted by atomic mass is 10.1. The summed E-state index contributed by atoms with van der Waals surface area (Å²) >= 11 is 6.08. The maximum atomic E-state index is 11.8. The Morgan fingerprint density at radius 1 is 1.71 bits per heavy atom. The first kappa shape index (κ1) is 9.98. The number of likely N-dealkylation sites (N-methyl/N-ethyl adjacent to an activating group) is 1.